The fourth-order valence-electron chi connectivity index (χ4n) is 3.21. The van der Waals surface area contributed by atoms with E-state index in [-0.39, 0.29) is 12.3 Å². The molecule has 0 spiro atoms. The zero-order chi connectivity index (χ0) is 17.1. The average Bonchev–Trinajstić information content (AvgIpc) is 2.96. The van der Waals surface area contributed by atoms with Crippen molar-refractivity contribution in [2.45, 2.75) is 19.4 Å². The molecule has 0 saturated carbocycles. The molecular formula is C17H22N4O3. The van der Waals surface area contributed by atoms with Crippen LogP contribution in [0.2, 0.25) is 0 Å². The second kappa shape index (κ2) is 7.11. The van der Waals surface area contributed by atoms with Crippen LogP contribution in [0.4, 0.5) is 5.69 Å². The Morgan fingerprint density at radius 3 is 2.54 bits per heavy atom. The summed E-state index contributed by atoms with van der Waals surface area (Å²) in [6.45, 7) is 3.02. The van der Waals surface area contributed by atoms with Gasteiger partial charge in [-0.3, -0.25) is 19.7 Å². The van der Waals surface area contributed by atoms with Crippen molar-refractivity contribution in [2.24, 2.45) is 13.0 Å². The maximum absolute atomic E-state index is 10.8. The van der Waals surface area contributed by atoms with Gasteiger partial charge >= 0.3 is 0 Å². The summed E-state index contributed by atoms with van der Waals surface area (Å²) >= 11 is 0. The lowest BCUT2D eigenvalue weighted by Crippen LogP contribution is -2.34. The monoisotopic (exact) mass is 330 g/mol. The van der Waals surface area contributed by atoms with E-state index >= 15 is 0 Å². The van der Waals surface area contributed by atoms with Gasteiger partial charge in [-0.1, -0.05) is 0 Å². The van der Waals surface area contributed by atoms with E-state index in [2.05, 4.69) is 10.00 Å². The van der Waals surface area contributed by atoms with E-state index in [0.29, 0.717) is 5.92 Å². The molecule has 128 valence electrons. The lowest BCUT2D eigenvalue weighted by molar-refractivity contribution is -0.384. The van der Waals surface area contributed by atoms with Gasteiger partial charge < -0.3 is 5.11 Å². The van der Waals surface area contributed by atoms with Crippen LogP contribution in [0.1, 0.15) is 18.4 Å². The zero-order valence-corrected chi connectivity index (χ0v) is 13.8. The van der Waals surface area contributed by atoms with Crippen molar-refractivity contribution in [2.75, 3.05) is 19.7 Å². The number of benzene rings is 1. The van der Waals surface area contributed by atoms with Gasteiger partial charge in [0.15, 0.2) is 0 Å². The summed E-state index contributed by atoms with van der Waals surface area (Å²) in [7, 11) is 1.89. The van der Waals surface area contributed by atoms with Crippen LogP contribution >= 0.6 is 0 Å². The summed E-state index contributed by atoms with van der Waals surface area (Å²) < 4.78 is 1.78. The highest BCUT2D eigenvalue weighted by Crippen LogP contribution is 2.26. The van der Waals surface area contributed by atoms with Gasteiger partial charge in [0.05, 0.1) is 10.6 Å². The standard InChI is InChI=1S/C17H22N4O3/c1-19-10-15(11-20-8-6-13(12-22)7-9-20)17(18-19)14-2-4-16(5-3-14)21(23)24/h2-5,10,13,22H,6-9,11-12H2,1H3. The number of aromatic nitrogens is 2. The Balaban J connectivity index is 1.77. The molecule has 0 unspecified atom stereocenters. The maximum Gasteiger partial charge on any atom is 0.269 e. The second-order valence-corrected chi connectivity index (χ2v) is 6.38. The lowest BCUT2D eigenvalue weighted by atomic mass is 9.97. The summed E-state index contributed by atoms with van der Waals surface area (Å²) in [5.41, 5.74) is 2.97. The minimum Gasteiger partial charge on any atom is -0.396 e. The molecule has 7 heteroatoms. The highest BCUT2D eigenvalue weighted by Gasteiger charge is 2.21. The highest BCUT2D eigenvalue weighted by molar-refractivity contribution is 5.64. The third kappa shape index (κ3) is 3.63. The molecule has 1 aliphatic heterocycles. The number of non-ortho nitro benzene ring substituents is 1. The second-order valence-electron chi connectivity index (χ2n) is 6.38. The van der Waals surface area contributed by atoms with Gasteiger partial charge in [-0.2, -0.15) is 5.10 Å². The topological polar surface area (TPSA) is 84.4 Å². The molecule has 7 nitrogen and oxygen atoms in total. The van der Waals surface area contributed by atoms with E-state index in [4.69, 9.17) is 0 Å². The van der Waals surface area contributed by atoms with Gasteiger partial charge in [0.1, 0.15) is 0 Å². The Hall–Kier alpha value is -2.25. The summed E-state index contributed by atoms with van der Waals surface area (Å²) in [4.78, 5) is 12.8. The van der Waals surface area contributed by atoms with Crippen molar-refractivity contribution >= 4 is 5.69 Å². The van der Waals surface area contributed by atoms with Crippen molar-refractivity contribution in [1.29, 1.82) is 0 Å². The van der Waals surface area contributed by atoms with E-state index in [1.165, 1.54) is 12.1 Å². The predicted molar refractivity (Wildman–Crippen MR) is 90.4 cm³/mol. The van der Waals surface area contributed by atoms with Gasteiger partial charge in [0.2, 0.25) is 0 Å². The molecule has 1 N–H and O–H groups in total. The van der Waals surface area contributed by atoms with Gasteiger partial charge in [0, 0.05) is 49.7 Å². The van der Waals surface area contributed by atoms with Crippen molar-refractivity contribution in [1.82, 2.24) is 14.7 Å². The van der Waals surface area contributed by atoms with Crippen molar-refractivity contribution in [3.05, 3.63) is 46.1 Å². The summed E-state index contributed by atoms with van der Waals surface area (Å²) in [6, 6.07) is 6.53. The molecule has 1 fully saturated rings. The molecular weight excluding hydrogens is 308 g/mol. The van der Waals surface area contributed by atoms with E-state index in [1.54, 1.807) is 16.8 Å². The number of nitro benzene ring substituents is 1. The van der Waals surface area contributed by atoms with Crippen molar-refractivity contribution in [3.8, 4) is 11.3 Å². The molecule has 0 aliphatic carbocycles. The minimum atomic E-state index is -0.394. The van der Waals surface area contributed by atoms with E-state index < -0.39 is 4.92 Å². The smallest absolute Gasteiger partial charge is 0.269 e. The average molecular weight is 330 g/mol. The van der Waals surface area contributed by atoms with Crippen LogP contribution in [-0.2, 0) is 13.6 Å². The minimum absolute atomic E-state index is 0.0855. The highest BCUT2D eigenvalue weighted by atomic mass is 16.6. The van der Waals surface area contributed by atoms with Gasteiger partial charge in [-0.05, 0) is 44.0 Å². The summed E-state index contributed by atoms with van der Waals surface area (Å²) in [5.74, 6) is 0.421. The number of aryl methyl sites for hydroxylation is 1. The Morgan fingerprint density at radius 2 is 1.96 bits per heavy atom. The van der Waals surface area contributed by atoms with Crippen LogP contribution in [0.15, 0.2) is 30.5 Å². The first-order valence-corrected chi connectivity index (χ1v) is 8.17. The maximum atomic E-state index is 10.8. The van der Waals surface area contributed by atoms with Crippen LogP contribution in [0.25, 0.3) is 11.3 Å². The third-order valence-electron chi connectivity index (χ3n) is 4.62. The van der Waals surface area contributed by atoms with Crippen molar-refractivity contribution in [3.63, 3.8) is 0 Å². The molecule has 0 radical (unpaired) electrons. The number of nitrogens with zero attached hydrogens (tertiary/aromatic N) is 4. The van der Waals surface area contributed by atoms with Crippen LogP contribution in [0.3, 0.4) is 0 Å². The van der Waals surface area contributed by atoms with Crippen LogP contribution < -0.4 is 0 Å². The molecule has 1 aromatic carbocycles. The van der Waals surface area contributed by atoms with E-state index in [1.807, 2.05) is 13.2 Å². The molecule has 0 atom stereocenters. The zero-order valence-electron chi connectivity index (χ0n) is 13.8. The van der Waals surface area contributed by atoms with Crippen LogP contribution in [0.5, 0.6) is 0 Å². The summed E-state index contributed by atoms with van der Waals surface area (Å²) in [5, 5.41) is 24.6. The number of rotatable bonds is 5. The predicted octanol–water partition coefficient (Wildman–Crippen LogP) is 2.20. The van der Waals surface area contributed by atoms with Crippen molar-refractivity contribution < 1.29 is 10.0 Å². The normalized spacial score (nSPS) is 16.4. The molecule has 1 saturated heterocycles. The SMILES string of the molecule is Cn1cc(CN2CCC(CO)CC2)c(-c2ccc([N+](=O)[O-])cc2)n1. The lowest BCUT2D eigenvalue weighted by Gasteiger charge is -2.30. The Morgan fingerprint density at radius 1 is 1.29 bits per heavy atom. The van der Waals surface area contributed by atoms with Gasteiger partial charge in [-0.15, -0.1) is 0 Å². The van der Waals surface area contributed by atoms with E-state index in [0.717, 1.165) is 49.3 Å². The fourth-order valence-corrected chi connectivity index (χ4v) is 3.21. The third-order valence-corrected chi connectivity index (χ3v) is 4.62. The Kier molecular flexibility index (Phi) is 4.92. The largest absolute Gasteiger partial charge is 0.396 e. The Bertz CT molecular complexity index is 703. The molecule has 0 bridgehead atoms. The number of hydrogen-bond donors (Lipinski definition) is 1. The fraction of sp³-hybridized carbons (Fsp3) is 0.471. The molecule has 3 rings (SSSR count). The number of aliphatic hydroxyl groups is 1. The quantitative estimate of drug-likeness (QED) is 0.671. The number of hydrogen-bond acceptors (Lipinski definition) is 5. The first-order chi connectivity index (χ1) is 11.6. The van der Waals surface area contributed by atoms with Gasteiger partial charge in [0.25, 0.3) is 5.69 Å². The molecule has 1 aromatic heterocycles. The number of piperidine rings is 1. The molecule has 0 amide bonds. The summed E-state index contributed by atoms with van der Waals surface area (Å²) in [6.07, 6.45) is 4.04. The first-order valence-electron chi connectivity index (χ1n) is 8.17. The number of likely N-dealkylation sites (tertiary alicyclic amines) is 1. The molecule has 2 aromatic rings. The van der Waals surface area contributed by atoms with Crippen LogP contribution in [-0.4, -0.2) is 44.4 Å². The van der Waals surface area contributed by atoms with E-state index in [9.17, 15) is 15.2 Å². The Labute approximate surface area is 140 Å². The number of nitro groups is 1. The van der Waals surface area contributed by atoms with Crippen LogP contribution in [0, 0.1) is 16.0 Å². The molecule has 2 heterocycles. The van der Waals surface area contributed by atoms with Gasteiger partial charge in [-0.25, -0.2) is 0 Å². The molecule has 1 aliphatic rings. The first kappa shape index (κ1) is 16.6. The molecule has 24 heavy (non-hydrogen) atoms. The number of aliphatic hydroxyl groups excluding tert-OH is 1.